The molecule has 0 fully saturated rings. The highest BCUT2D eigenvalue weighted by atomic mass is 19.4. The molecule has 1 heterocycles. The van der Waals surface area contributed by atoms with Crippen LogP contribution in [0.25, 0.3) is 11.3 Å². The summed E-state index contributed by atoms with van der Waals surface area (Å²) in [6.45, 7) is 0. The maximum atomic E-state index is 13.2. The fourth-order valence-electron chi connectivity index (χ4n) is 2.36. The van der Waals surface area contributed by atoms with Crippen molar-refractivity contribution < 1.29 is 17.6 Å². The predicted molar refractivity (Wildman–Crippen MR) is 78.4 cm³/mol. The summed E-state index contributed by atoms with van der Waals surface area (Å²) in [7, 11) is 0. The van der Waals surface area contributed by atoms with Gasteiger partial charge in [-0.15, -0.1) is 0 Å². The van der Waals surface area contributed by atoms with Crippen LogP contribution in [0.3, 0.4) is 0 Å². The molecule has 0 amide bonds. The lowest BCUT2D eigenvalue weighted by Crippen LogP contribution is -2.06. The van der Waals surface area contributed by atoms with E-state index in [4.69, 9.17) is 4.42 Å². The molecule has 22 heavy (non-hydrogen) atoms. The van der Waals surface area contributed by atoms with Crippen LogP contribution in [0.1, 0.15) is 16.9 Å². The number of furan rings is 1. The molecule has 0 N–H and O–H groups in total. The van der Waals surface area contributed by atoms with Crippen molar-refractivity contribution in [1.29, 1.82) is 0 Å². The van der Waals surface area contributed by atoms with Gasteiger partial charge in [-0.05, 0) is 11.6 Å². The summed E-state index contributed by atoms with van der Waals surface area (Å²) in [5.41, 5.74) is 1.60. The van der Waals surface area contributed by atoms with Gasteiger partial charge in [0.1, 0.15) is 5.76 Å². The molecule has 0 aliphatic carbocycles. The Kier molecular flexibility index (Phi) is 3.75. The van der Waals surface area contributed by atoms with Crippen molar-refractivity contribution in [2.75, 3.05) is 0 Å². The average Bonchev–Trinajstić information content (AvgIpc) is 2.93. The van der Waals surface area contributed by atoms with Crippen LogP contribution in [0.15, 0.2) is 71.1 Å². The van der Waals surface area contributed by atoms with Crippen molar-refractivity contribution in [2.45, 2.75) is 12.6 Å². The quantitative estimate of drug-likeness (QED) is 0.617. The normalized spacial score (nSPS) is 11.6. The van der Waals surface area contributed by atoms with Gasteiger partial charge in [0.25, 0.3) is 0 Å². The molecule has 1 nitrogen and oxygen atoms in total. The average molecular weight is 302 g/mol. The second-order valence-corrected chi connectivity index (χ2v) is 4.99. The van der Waals surface area contributed by atoms with Gasteiger partial charge in [-0.2, -0.15) is 13.2 Å². The highest BCUT2D eigenvalue weighted by Crippen LogP contribution is 2.38. The molecular weight excluding hydrogens is 289 g/mol. The van der Waals surface area contributed by atoms with Crippen LogP contribution in [0.4, 0.5) is 13.2 Å². The third-order valence-corrected chi connectivity index (χ3v) is 3.36. The Morgan fingerprint density at radius 1 is 0.818 bits per heavy atom. The van der Waals surface area contributed by atoms with Gasteiger partial charge in [0.05, 0.1) is 0 Å². The highest BCUT2D eigenvalue weighted by molar-refractivity contribution is 5.59. The van der Waals surface area contributed by atoms with E-state index in [-0.39, 0.29) is 17.7 Å². The van der Waals surface area contributed by atoms with Crippen LogP contribution in [0.5, 0.6) is 0 Å². The molecule has 1 aromatic heterocycles. The lowest BCUT2D eigenvalue weighted by atomic mass is 10.0. The minimum atomic E-state index is -4.50. The van der Waals surface area contributed by atoms with Crippen molar-refractivity contribution in [3.8, 4) is 11.3 Å². The third-order valence-electron chi connectivity index (χ3n) is 3.36. The Balaban J connectivity index is 2.03. The summed E-state index contributed by atoms with van der Waals surface area (Å²) in [5.74, 6) is -0.686. The minimum Gasteiger partial charge on any atom is -0.451 e. The first-order chi connectivity index (χ1) is 10.5. The Morgan fingerprint density at radius 2 is 1.41 bits per heavy atom. The van der Waals surface area contributed by atoms with E-state index in [1.165, 1.54) is 6.07 Å². The zero-order valence-corrected chi connectivity index (χ0v) is 11.6. The fourth-order valence-corrected chi connectivity index (χ4v) is 2.36. The molecule has 112 valence electrons. The molecular formula is C18H13F3O. The number of benzene rings is 2. The van der Waals surface area contributed by atoms with Gasteiger partial charge in [-0.3, -0.25) is 0 Å². The molecule has 0 saturated carbocycles. The van der Waals surface area contributed by atoms with Gasteiger partial charge in [-0.1, -0.05) is 60.7 Å². The molecule has 0 aliphatic heterocycles. The Morgan fingerprint density at radius 3 is 2.00 bits per heavy atom. The molecule has 0 bridgehead atoms. The topological polar surface area (TPSA) is 13.1 Å². The summed E-state index contributed by atoms with van der Waals surface area (Å²) < 4.78 is 44.7. The van der Waals surface area contributed by atoms with Gasteiger partial charge in [-0.25, -0.2) is 0 Å². The standard InChI is InChI=1S/C18H13F3O/c19-18(20,21)17-15(11-13-7-3-1-4-8-13)12-16(22-17)14-9-5-2-6-10-14/h1-10,12H,11H2. The van der Waals surface area contributed by atoms with E-state index in [9.17, 15) is 13.2 Å². The molecule has 3 aromatic rings. The Bertz CT molecular complexity index is 743. The van der Waals surface area contributed by atoms with E-state index < -0.39 is 11.9 Å². The summed E-state index contributed by atoms with van der Waals surface area (Å²) in [5, 5.41) is 0. The van der Waals surface area contributed by atoms with E-state index in [0.717, 1.165) is 5.56 Å². The maximum absolute atomic E-state index is 13.2. The SMILES string of the molecule is FC(F)(F)c1oc(-c2ccccc2)cc1Cc1ccccc1. The molecule has 4 heteroatoms. The molecule has 0 radical (unpaired) electrons. The molecule has 0 spiro atoms. The van der Waals surface area contributed by atoms with Crippen molar-refractivity contribution in [1.82, 2.24) is 0 Å². The number of alkyl halides is 3. The van der Waals surface area contributed by atoms with E-state index in [2.05, 4.69) is 0 Å². The van der Waals surface area contributed by atoms with Gasteiger partial charge in [0.2, 0.25) is 5.76 Å². The predicted octanol–water partition coefficient (Wildman–Crippen LogP) is 5.56. The number of halogens is 3. The van der Waals surface area contributed by atoms with Crippen LogP contribution in [-0.2, 0) is 12.6 Å². The van der Waals surface area contributed by atoms with Crippen LogP contribution in [-0.4, -0.2) is 0 Å². The highest BCUT2D eigenvalue weighted by Gasteiger charge is 2.38. The molecule has 0 unspecified atom stereocenters. The zero-order valence-electron chi connectivity index (χ0n) is 11.6. The van der Waals surface area contributed by atoms with E-state index in [0.29, 0.717) is 5.56 Å². The zero-order chi connectivity index (χ0) is 15.6. The van der Waals surface area contributed by atoms with Crippen LogP contribution in [0.2, 0.25) is 0 Å². The summed E-state index contributed by atoms with van der Waals surface area (Å²) in [6.07, 6.45) is -4.32. The fraction of sp³-hybridized carbons (Fsp3) is 0.111. The monoisotopic (exact) mass is 302 g/mol. The van der Waals surface area contributed by atoms with E-state index in [1.54, 1.807) is 48.5 Å². The van der Waals surface area contributed by atoms with Crippen molar-refractivity contribution in [3.05, 3.63) is 83.6 Å². The first-order valence-corrected chi connectivity index (χ1v) is 6.83. The minimum absolute atomic E-state index is 0.151. The van der Waals surface area contributed by atoms with E-state index in [1.807, 2.05) is 12.1 Å². The summed E-state index contributed by atoms with van der Waals surface area (Å²) >= 11 is 0. The Hall–Kier alpha value is -2.49. The maximum Gasteiger partial charge on any atom is 0.449 e. The summed E-state index contributed by atoms with van der Waals surface area (Å²) in [6, 6.07) is 19.3. The molecule has 2 aromatic carbocycles. The van der Waals surface area contributed by atoms with Gasteiger partial charge in [0.15, 0.2) is 0 Å². The molecule has 0 saturated heterocycles. The number of hydrogen-bond acceptors (Lipinski definition) is 1. The van der Waals surface area contributed by atoms with Gasteiger partial charge < -0.3 is 4.42 Å². The lowest BCUT2D eigenvalue weighted by Gasteiger charge is -2.06. The van der Waals surface area contributed by atoms with Crippen LogP contribution >= 0.6 is 0 Å². The third kappa shape index (κ3) is 3.06. The summed E-state index contributed by atoms with van der Waals surface area (Å²) in [4.78, 5) is 0. The number of hydrogen-bond donors (Lipinski definition) is 0. The second-order valence-electron chi connectivity index (χ2n) is 4.99. The number of rotatable bonds is 3. The van der Waals surface area contributed by atoms with Crippen molar-refractivity contribution in [2.24, 2.45) is 0 Å². The van der Waals surface area contributed by atoms with Gasteiger partial charge >= 0.3 is 6.18 Å². The van der Waals surface area contributed by atoms with Crippen molar-refractivity contribution in [3.63, 3.8) is 0 Å². The van der Waals surface area contributed by atoms with Crippen molar-refractivity contribution >= 4 is 0 Å². The van der Waals surface area contributed by atoms with E-state index >= 15 is 0 Å². The molecule has 0 atom stereocenters. The Labute approximate surface area is 126 Å². The van der Waals surface area contributed by atoms with Crippen LogP contribution < -0.4 is 0 Å². The lowest BCUT2D eigenvalue weighted by molar-refractivity contribution is -0.153. The largest absolute Gasteiger partial charge is 0.451 e. The van der Waals surface area contributed by atoms with Gasteiger partial charge in [0, 0.05) is 17.5 Å². The van der Waals surface area contributed by atoms with Crippen LogP contribution in [0, 0.1) is 0 Å². The first-order valence-electron chi connectivity index (χ1n) is 6.83. The second kappa shape index (κ2) is 5.72. The molecule has 0 aliphatic rings. The molecule has 3 rings (SSSR count). The smallest absolute Gasteiger partial charge is 0.449 e. The first kappa shape index (κ1) is 14.4.